The molecule has 100 valence electrons. The normalized spacial score (nSPS) is 12.1. The van der Waals surface area contributed by atoms with Crippen LogP contribution in [0.4, 0.5) is 0 Å². The van der Waals surface area contributed by atoms with E-state index in [9.17, 15) is 15.0 Å². The van der Waals surface area contributed by atoms with Gasteiger partial charge < -0.3 is 25.2 Å². The fourth-order valence-corrected chi connectivity index (χ4v) is 1.25. The van der Waals surface area contributed by atoms with Gasteiger partial charge in [0.05, 0.1) is 12.2 Å². The molecule has 0 fully saturated rings. The molecule has 0 aliphatic carbocycles. The average molecular weight is 256 g/mol. The van der Waals surface area contributed by atoms with Gasteiger partial charge in [0.2, 0.25) is 0 Å². The van der Waals surface area contributed by atoms with Crippen molar-refractivity contribution in [1.29, 1.82) is 0 Å². The summed E-state index contributed by atoms with van der Waals surface area (Å²) in [4.78, 5) is 11.5. The number of aliphatic hydroxyl groups is 1. The van der Waals surface area contributed by atoms with E-state index in [1.54, 1.807) is 0 Å². The average Bonchev–Trinajstić information content (AvgIpc) is 2.34. The van der Waals surface area contributed by atoms with Crippen LogP contribution in [0, 0.1) is 5.92 Å². The monoisotopic (exact) mass is 256 g/mol. The van der Waals surface area contributed by atoms with Crippen molar-refractivity contribution in [3.05, 3.63) is 17.7 Å². The molecular weight excluding hydrogens is 240 g/mol. The van der Waals surface area contributed by atoms with Crippen LogP contribution >= 0.6 is 0 Å². The summed E-state index contributed by atoms with van der Waals surface area (Å²) in [6.45, 7) is 1.95. The van der Waals surface area contributed by atoms with Crippen molar-refractivity contribution < 1.29 is 30.0 Å². The predicted molar refractivity (Wildman–Crippen MR) is 62.6 cm³/mol. The van der Waals surface area contributed by atoms with E-state index in [2.05, 4.69) is 0 Å². The Morgan fingerprint density at radius 3 is 2.33 bits per heavy atom. The van der Waals surface area contributed by atoms with E-state index in [1.165, 1.54) is 0 Å². The van der Waals surface area contributed by atoms with Crippen LogP contribution in [0.25, 0.3) is 0 Å². The zero-order valence-electron chi connectivity index (χ0n) is 9.96. The molecular formula is C12H16O6. The lowest BCUT2D eigenvalue weighted by molar-refractivity contribution is 0.0471. The molecule has 1 atom stereocenters. The van der Waals surface area contributed by atoms with Crippen LogP contribution < -0.4 is 0 Å². The smallest absolute Gasteiger partial charge is 0.338 e. The SMILES string of the molecule is CC(CO)CCOC(=O)c1cc(O)c(O)c(O)c1. The zero-order chi connectivity index (χ0) is 13.7. The molecule has 0 amide bonds. The molecule has 1 aromatic carbocycles. The molecule has 0 saturated carbocycles. The largest absolute Gasteiger partial charge is 0.504 e. The van der Waals surface area contributed by atoms with Crippen molar-refractivity contribution >= 4 is 5.97 Å². The van der Waals surface area contributed by atoms with Crippen LogP contribution in [0.1, 0.15) is 23.7 Å². The predicted octanol–water partition coefficient (Wildman–Crippen LogP) is 0.979. The summed E-state index contributed by atoms with van der Waals surface area (Å²) in [5, 5.41) is 36.4. The van der Waals surface area contributed by atoms with Gasteiger partial charge >= 0.3 is 5.97 Å². The van der Waals surface area contributed by atoms with Gasteiger partial charge in [0.1, 0.15) is 0 Å². The topological polar surface area (TPSA) is 107 Å². The summed E-state index contributed by atoms with van der Waals surface area (Å²) in [5.41, 5.74) is -0.0561. The van der Waals surface area contributed by atoms with Gasteiger partial charge in [-0.15, -0.1) is 0 Å². The quantitative estimate of drug-likeness (QED) is 0.462. The maximum Gasteiger partial charge on any atom is 0.338 e. The first-order valence-corrected chi connectivity index (χ1v) is 5.48. The minimum Gasteiger partial charge on any atom is -0.504 e. The summed E-state index contributed by atoms with van der Waals surface area (Å²) >= 11 is 0. The van der Waals surface area contributed by atoms with Gasteiger partial charge in [0, 0.05) is 6.61 Å². The van der Waals surface area contributed by atoms with Crippen LogP contribution in [0.2, 0.25) is 0 Å². The Morgan fingerprint density at radius 1 is 1.28 bits per heavy atom. The number of ether oxygens (including phenoxy) is 1. The van der Waals surface area contributed by atoms with Crippen LogP contribution in [0.3, 0.4) is 0 Å². The molecule has 0 aromatic heterocycles. The fraction of sp³-hybridized carbons (Fsp3) is 0.417. The Bertz CT molecular complexity index is 406. The lowest BCUT2D eigenvalue weighted by Crippen LogP contribution is -2.10. The number of aliphatic hydroxyl groups excluding tert-OH is 1. The Labute approximate surface area is 104 Å². The third kappa shape index (κ3) is 3.53. The minimum absolute atomic E-state index is 0.0122. The molecule has 1 unspecified atom stereocenters. The summed E-state index contributed by atoms with van der Waals surface area (Å²) in [5.74, 6) is -2.55. The van der Waals surface area contributed by atoms with Crippen molar-refractivity contribution in [2.75, 3.05) is 13.2 Å². The molecule has 0 aliphatic rings. The number of carbonyl (C=O) groups excluding carboxylic acids is 1. The van der Waals surface area contributed by atoms with Gasteiger partial charge in [-0.25, -0.2) is 4.79 Å². The Morgan fingerprint density at radius 2 is 1.83 bits per heavy atom. The highest BCUT2D eigenvalue weighted by Gasteiger charge is 2.14. The lowest BCUT2D eigenvalue weighted by atomic mass is 10.1. The van der Waals surface area contributed by atoms with Gasteiger partial charge in [-0.05, 0) is 24.5 Å². The number of hydrogen-bond donors (Lipinski definition) is 4. The molecule has 6 heteroatoms. The summed E-state index contributed by atoms with van der Waals surface area (Å²) in [6, 6.07) is 2.01. The Balaban J connectivity index is 2.62. The highest BCUT2D eigenvalue weighted by molar-refractivity contribution is 5.91. The maximum absolute atomic E-state index is 11.5. The van der Waals surface area contributed by atoms with E-state index in [0.29, 0.717) is 6.42 Å². The Hall–Kier alpha value is -1.95. The first kappa shape index (κ1) is 14.1. The number of phenolic OH excluding ortho intramolecular Hbond substituents is 3. The number of benzene rings is 1. The lowest BCUT2D eigenvalue weighted by Gasteiger charge is -2.09. The Kier molecular flexibility index (Phi) is 4.79. The number of carbonyl (C=O) groups is 1. The first-order valence-electron chi connectivity index (χ1n) is 5.48. The molecule has 0 aliphatic heterocycles. The minimum atomic E-state index is -0.717. The number of phenols is 3. The second-order valence-corrected chi connectivity index (χ2v) is 4.08. The van der Waals surface area contributed by atoms with Crippen LogP contribution in [0.15, 0.2) is 12.1 Å². The number of rotatable bonds is 5. The second kappa shape index (κ2) is 6.11. The maximum atomic E-state index is 11.5. The second-order valence-electron chi connectivity index (χ2n) is 4.08. The molecule has 18 heavy (non-hydrogen) atoms. The van der Waals surface area contributed by atoms with E-state index in [-0.39, 0.29) is 24.7 Å². The van der Waals surface area contributed by atoms with Crippen LogP contribution in [-0.2, 0) is 4.74 Å². The summed E-state index contributed by atoms with van der Waals surface area (Å²) in [6.07, 6.45) is 0.512. The van der Waals surface area contributed by atoms with Gasteiger partial charge in [0.15, 0.2) is 17.2 Å². The molecule has 0 bridgehead atoms. The molecule has 1 aromatic rings. The van der Waals surface area contributed by atoms with Crippen molar-refractivity contribution in [3.63, 3.8) is 0 Å². The third-order valence-corrected chi connectivity index (χ3v) is 2.46. The van der Waals surface area contributed by atoms with Crippen LogP contribution in [-0.4, -0.2) is 39.6 Å². The van der Waals surface area contributed by atoms with Crippen molar-refractivity contribution in [3.8, 4) is 17.2 Å². The van der Waals surface area contributed by atoms with E-state index >= 15 is 0 Å². The molecule has 0 heterocycles. The van der Waals surface area contributed by atoms with E-state index in [4.69, 9.17) is 14.9 Å². The van der Waals surface area contributed by atoms with Crippen LogP contribution in [0.5, 0.6) is 17.2 Å². The molecule has 0 spiro atoms. The van der Waals surface area contributed by atoms with Gasteiger partial charge in [-0.2, -0.15) is 0 Å². The highest BCUT2D eigenvalue weighted by atomic mass is 16.5. The van der Waals surface area contributed by atoms with Gasteiger partial charge in [-0.1, -0.05) is 6.92 Å². The molecule has 0 radical (unpaired) electrons. The number of aromatic hydroxyl groups is 3. The molecule has 6 nitrogen and oxygen atoms in total. The molecule has 1 rings (SSSR count). The highest BCUT2D eigenvalue weighted by Crippen LogP contribution is 2.35. The molecule has 4 N–H and O–H groups in total. The van der Waals surface area contributed by atoms with E-state index < -0.39 is 23.2 Å². The van der Waals surface area contributed by atoms with Gasteiger partial charge in [0.25, 0.3) is 0 Å². The number of esters is 1. The zero-order valence-corrected chi connectivity index (χ0v) is 9.96. The van der Waals surface area contributed by atoms with Crippen molar-refractivity contribution in [2.45, 2.75) is 13.3 Å². The third-order valence-electron chi connectivity index (χ3n) is 2.46. The van der Waals surface area contributed by atoms with E-state index in [1.807, 2.05) is 6.92 Å². The summed E-state index contributed by atoms with van der Waals surface area (Å²) in [7, 11) is 0. The van der Waals surface area contributed by atoms with Crippen molar-refractivity contribution in [2.24, 2.45) is 5.92 Å². The molecule has 0 saturated heterocycles. The number of hydrogen-bond acceptors (Lipinski definition) is 6. The fourth-order valence-electron chi connectivity index (χ4n) is 1.25. The van der Waals surface area contributed by atoms with Crippen molar-refractivity contribution in [1.82, 2.24) is 0 Å². The summed E-state index contributed by atoms with van der Waals surface area (Å²) < 4.78 is 4.90. The van der Waals surface area contributed by atoms with Gasteiger partial charge in [-0.3, -0.25) is 0 Å². The first-order chi connectivity index (χ1) is 8.45. The van der Waals surface area contributed by atoms with E-state index in [0.717, 1.165) is 12.1 Å². The standard InChI is InChI=1S/C12H16O6/c1-7(6-13)2-3-18-12(17)8-4-9(14)11(16)10(15)5-8/h4-5,7,13-16H,2-3,6H2,1H3.